The van der Waals surface area contributed by atoms with Crippen LogP contribution in [0.4, 0.5) is 0 Å². The summed E-state index contributed by atoms with van der Waals surface area (Å²) in [6.45, 7) is 4.32. The van der Waals surface area contributed by atoms with Crippen LogP contribution in [-0.4, -0.2) is 23.7 Å². The van der Waals surface area contributed by atoms with E-state index in [1.807, 2.05) is 12.1 Å². The maximum atomic E-state index is 12.4. The van der Waals surface area contributed by atoms with Gasteiger partial charge in [-0.25, -0.2) is 0 Å². The van der Waals surface area contributed by atoms with E-state index in [9.17, 15) is 4.79 Å². The fraction of sp³-hybridized carbons (Fsp3) is 0.500. The van der Waals surface area contributed by atoms with Crippen molar-refractivity contribution in [2.24, 2.45) is 11.8 Å². The highest BCUT2D eigenvalue weighted by Gasteiger charge is 2.26. The van der Waals surface area contributed by atoms with Crippen LogP contribution in [0.2, 0.25) is 0 Å². The number of hydrogen-bond acceptors (Lipinski definition) is 2. The van der Waals surface area contributed by atoms with Crippen molar-refractivity contribution in [3.8, 4) is 11.8 Å². The molecule has 3 unspecified atom stereocenters. The number of carbonyl (C=O) groups excluding carboxylic acids is 1. The number of carbonyl (C=O) groups is 1. The number of aliphatic hydroxyl groups excluding tert-OH is 1. The minimum absolute atomic E-state index is 0.0333. The van der Waals surface area contributed by atoms with Crippen LogP contribution in [-0.2, 0) is 0 Å². The Labute approximate surface area is 126 Å². The van der Waals surface area contributed by atoms with Crippen molar-refractivity contribution in [1.82, 2.24) is 5.32 Å². The van der Waals surface area contributed by atoms with E-state index in [4.69, 9.17) is 5.11 Å². The number of benzene rings is 1. The zero-order valence-electron chi connectivity index (χ0n) is 12.7. The zero-order valence-corrected chi connectivity index (χ0v) is 12.7. The van der Waals surface area contributed by atoms with Crippen molar-refractivity contribution in [2.75, 3.05) is 6.61 Å². The molecule has 1 aliphatic carbocycles. The summed E-state index contributed by atoms with van der Waals surface area (Å²) in [4.78, 5) is 12.4. The van der Waals surface area contributed by atoms with Crippen molar-refractivity contribution < 1.29 is 9.90 Å². The van der Waals surface area contributed by atoms with Gasteiger partial charge < -0.3 is 10.4 Å². The predicted molar refractivity (Wildman–Crippen MR) is 83.8 cm³/mol. The van der Waals surface area contributed by atoms with Crippen LogP contribution in [0.3, 0.4) is 0 Å². The second-order valence-corrected chi connectivity index (χ2v) is 6.02. The first-order valence-electron chi connectivity index (χ1n) is 7.60. The molecule has 1 fully saturated rings. The monoisotopic (exact) mass is 285 g/mol. The lowest BCUT2D eigenvalue weighted by Gasteiger charge is -2.33. The van der Waals surface area contributed by atoms with Gasteiger partial charge in [-0.05, 0) is 49.3 Å². The first-order chi connectivity index (χ1) is 10.1. The van der Waals surface area contributed by atoms with Gasteiger partial charge in [0.25, 0.3) is 5.91 Å². The van der Waals surface area contributed by atoms with E-state index in [1.54, 1.807) is 12.1 Å². The molecule has 2 rings (SSSR count). The van der Waals surface area contributed by atoms with Crippen molar-refractivity contribution in [3.05, 3.63) is 35.4 Å². The van der Waals surface area contributed by atoms with Crippen LogP contribution in [0.15, 0.2) is 24.3 Å². The standard InChI is InChI=1S/C18H23NO2/c1-13-8-9-17(14(2)11-13)19-18(21)16-7-3-5-15(12-16)6-4-10-20/h3,5,7,12-14,17,20H,8-11H2,1-2H3,(H,19,21). The lowest BCUT2D eigenvalue weighted by atomic mass is 9.80. The molecule has 0 aromatic heterocycles. The summed E-state index contributed by atoms with van der Waals surface area (Å²) in [5.74, 6) is 6.67. The van der Waals surface area contributed by atoms with Crippen molar-refractivity contribution in [1.29, 1.82) is 0 Å². The Kier molecular flexibility index (Phi) is 5.41. The van der Waals surface area contributed by atoms with E-state index in [-0.39, 0.29) is 18.6 Å². The highest BCUT2D eigenvalue weighted by atomic mass is 16.2. The van der Waals surface area contributed by atoms with E-state index in [0.29, 0.717) is 11.5 Å². The van der Waals surface area contributed by atoms with Gasteiger partial charge in [0.1, 0.15) is 6.61 Å². The highest BCUT2D eigenvalue weighted by Crippen LogP contribution is 2.28. The summed E-state index contributed by atoms with van der Waals surface area (Å²) in [7, 11) is 0. The maximum absolute atomic E-state index is 12.4. The predicted octanol–water partition coefficient (Wildman–Crippen LogP) is 2.58. The summed E-state index contributed by atoms with van der Waals surface area (Å²) in [6.07, 6.45) is 3.41. The molecule has 112 valence electrons. The van der Waals surface area contributed by atoms with Crippen LogP contribution in [0.5, 0.6) is 0 Å². The molecule has 1 aliphatic rings. The largest absolute Gasteiger partial charge is 0.384 e. The third-order valence-electron chi connectivity index (χ3n) is 4.18. The number of aliphatic hydroxyl groups is 1. The first-order valence-corrected chi connectivity index (χ1v) is 7.60. The molecule has 0 saturated heterocycles. The van der Waals surface area contributed by atoms with Crippen LogP contribution < -0.4 is 5.32 Å². The Morgan fingerprint density at radius 2 is 2.19 bits per heavy atom. The molecule has 1 saturated carbocycles. The second kappa shape index (κ2) is 7.28. The van der Waals surface area contributed by atoms with Crippen LogP contribution in [0.25, 0.3) is 0 Å². The van der Waals surface area contributed by atoms with Crippen molar-refractivity contribution >= 4 is 5.91 Å². The van der Waals surface area contributed by atoms with Gasteiger partial charge in [0.15, 0.2) is 0 Å². The normalized spacial score (nSPS) is 24.8. The first kappa shape index (κ1) is 15.6. The fourth-order valence-electron chi connectivity index (χ4n) is 3.01. The Morgan fingerprint density at radius 1 is 1.38 bits per heavy atom. The van der Waals surface area contributed by atoms with E-state index in [2.05, 4.69) is 31.0 Å². The molecule has 3 atom stereocenters. The molecule has 1 amide bonds. The third-order valence-corrected chi connectivity index (χ3v) is 4.18. The Bertz CT molecular complexity index is 556. The van der Waals surface area contributed by atoms with Gasteiger partial charge in [-0.15, -0.1) is 0 Å². The van der Waals surface area contributed by atoms with Gasteiger partial charge in [-0.3, -0.25) is 4.79 Å². The van der Waals surface area contributed by atoms with Crippen LogP contribution in [0, 0.1) is 23.7 Å². The molecule has 21 heavy (non-hydrogen) atoms. The Morgan fingerprint density at radius 3 is 2.90 bits per heavy atom. The highest BCUT2D eigenvalue weighted by molar-refractivity contribution is 5.94. The van der Waals surface area contributed by atoms with Gasteiger partial charge in [0.2, 0.25) is 0 Å². The van der Waals surface area contributed by atoms with E-state index in [0.717, 1.165) is 17.9 Å². The fourth-order valence-corrected chi connectivity index (χ4v) is 3.01. The lowest BCUT2D eigenvalue weighted by molar-refractivity contribution is 0.0899. The SMILES string of the molecule is CC1CCC(NC(=O)c2cccc(C#CCO)c2)C(C)C1. The molecule has 3 nitrogen and oxygen atoms in total. The molecule has 0 aliphatic heterocycles. The quantitative estimate of drug-likeness (QED) is 0.821. The van der Waals surface area contributed by atoms with Gasteiger partial charge >= 0.3 is 0 Å². The van der Waals surface area contributed by atoms with Gasteiger partial charge in [-0.1, -0.05) is 31.8 Å². The molecule has 0 bridgehead atoms. The molecule has 3 heteroatoms. The Hall–Kier alpha value is -1.79. The molecular weight excluding hydrogens is 262 g/mol. The summed E-state index contributed by atoms with van der Waals surface area (Å²) in [5.41, 5.74) is 1.38. The van der Waals surface area contributed by atoms with Crippen LogP contribution >= 0.6 is 0 Å². The number of nitrogens with one attached hydrogen (secondary N) is 1. The summed E-state index contributed by atoms with van der Waals surface area (Å²) in [6, 6.07) is 7.50. The number of hydrogen-bond donors (Lipinski definition) is 2. The van der Waals surface area contributed by atoms with Gasteiger partial charge in [-0.2, -0.15) is 0 Å². The van der Waals surface area contributed by atoms with Gasteiger partial charge in [0, 0.05) is 17.2 Å². The molecule has 1 aromatic carbocycles. The summed E-state index contributed by atoms with van der Waals surface area (Å²) >= 11 is 0. The second-order valence-electron chi connectivity index (χ2n) is 6.02. The summed E-state index contributed by atoms with van der Waals surface area (Å²) < 4.78 is 0. The minimum Gasteiger partial charge on any atom is -0.384 e. The van der Waals surface area contributed by atoms with Crippen molar-refractivity contribution in [2.45, 2.75) is 39.2 Å². The summed E-state index contributed by atoms with van der Waals surface area (Å²) in [5, 5.41) is 11.9. The molecule has 1 aromatic rings. The number of amides is 1. The van der Waals surface area contributed by atoms with E-state index < -0.39 is 0 Å². The third kappa shape index (κ3) is 4.34. The number of rotatable bonds is 2. The van der Waals surface area contributed by atoms with Crippen molar-refractivity contribution in [3.63, 3.8) is 0 Å². The average molecular weight is 285 g/mol. The molecule has 0 spiro atoms. The Balaban J connectivity index is 2.03. The lowest BCUT2D eigenvalue weighted by Crippen LogP contribution is -2.42. The molecule has 2 N–H and O–H groups in total. The maximum Gasteiger partial charge on any atom is 0.251 e. The van der Waals surface area contributed by atoms with E-state index >= 15 is 0 Å². The zero-order chi connectivity index (χ0) is 15.2. The molecule has 0 heterocycles. The van der Waals surface area contributed by atoms with Gasteiger partial charge in [0.05, 0.1) is 0 Å². The molecule has 0 radical (unpaired) electrons. The minimum atomic E-state index is -0.172. The topological polar surface area (TPSA) is 49.3 Å². The van der Waals surface area contributed by atoms with E-state index in [1.165, 1.54) is 12.8 Å². The average Bonchev–Trinajstić information content (AvgIpc) is 2.48. The smallest absolute Gasteiger partial charge is 0.251 e. The molecular formula is C18H23NO2. The van der Waals surface area contributed by atoms with Crippen LogP contribution in [0.1, 0.15) is 49.0 Å².